The Bertz CT molecular complexity index is 1100. The molecule has 0 saturated heterocycles. The standard InChI is InChI=1S/C21H23N3OS2/c1-13-6-7-15(10-14(13)2)16-11-27-18-17(16)19(25)24(5)20(23-18)26-9-8-21(3,4)12-22/h6-7,10-11H,8-9H2,1-5H3. The van der Waals surface area contributed by atoms with Crippen molar-refractivity contribution >= 4 is 33.3 Å². The molecule has 3 aromatic rings. The molecule has 3 rings (SSSR count). The van der Waals surface area contributed by atoms with Gasteiger partial charge < -0.3 is 0 Å². The minimum absolute atomic E-state index is 0.0171. The van der Waals surface area contributed by atoms with Crippen molar-refractivity contribution in [2.24, 2.45) is 12.5 Å². The zero-order chi connectivity index (χ0) is 19.8. The summed E-state index contributed by atoms with van der Waals surface area (Å²) in [5.41, 5.74) is 4.08. The highest BCUT2D eigenvalue weighted by molar-refractivity contribution is 7.99. The van der Waals surface area contributed by atoms with Crippen molar-refractivity contribution in [1.82, 2.24) is 9.55 Å². The summed E-state index contributed by atoms with van der Waals surface area (Å²) in [5.74, 6) is 0.752. The lowest BCUT2D eigenvalue weighted by Crippen LogP contribution is -2.20. The Morgan fingerprint density at radius 2 is 2.04 bits per heavy atom. The Balaban J connectivity index is 1.98. The molecular formula is C21H23N3OS2. The highest BCUT2D eigenvalue weighted by atomic mass is 32.2. The van der Waals surface area contributed by atoms with E-state index in [9.17, 15) is 4.79 Å². The van der Waals surface area contributed by atoms with E-state index in [-0.39, 0.29) is 11.0 Å². The predicted octanol–water partition coefficient (Wildman–Crippen LogP) is 5.31. The fourth-order valence-corrected chi connectivity index (χ4v) is 4.98. The quantitative estimate of drug-likeness (QED) is 0.432. The van der Waals surface area contributed by atoms with E-state index in [1.165, 1.54) is 34.2 Å². The van der Waals surface area contributed by atoms with E-state index >= 15 is 0 Å². The van der Waals surface area contributed by atoms with E-state index in [2.05, 4.69) is 38.1 Å². The first-order chi connectivity index (χ1) is 12.7. The summed E-state index contributed by atoms with van der Waals surface area (Å²) < 4.78 is 1.63. The van der Waals surface area contributed by atoms with Crippen LogP contribution in [0.4, 0.5) is 0 Å². The van der Waals surface area contributed by atoms with E-state index in [0.717, 1.165) is 28.1 Å². The number of rotatable bonds is 5. The van der Waals surface area contributed by atoms with Gasteiger partial charge in [0.05, 0.1) is 16.9 Å². The third kappa shape index (κ3) is 3.95. The second-order valence-electron chi connectivity index (χ2n) is 7.48. The van der Waals surface area contributed by atoms with E-state index in [0.29, 0.717) is 10.5 Å². The molecular weight excluding hydrogens is 374 g/mol. The molecule has 0 spiro atoms. The highest BCUT2D eigenvalue weighted by Gasteiger charge is 2.19. The van der Waals surface area contributed by atoms with E-state index in [1.54, 1.807) is 11.6 Å². The number of thioether (sulfide) groups is 1. The van der Waals surface area contributed by atoms with Crippen LogP contribution in [0.25, 0.3) is 21.3 Å². The maximum Gasteiger partial charge on any atom is 0.263 e. The van der Waals surface area contributed by atoms with Crippen LogP contribution in [0, 0.1) is 30.6 Å². The number of nitriles is 1. The molecule has 0 bridgehead atoms. The smallest absolute Gasteiger partial charge is 0.263 e. The largest absolute Gasteiger partial charge is 0.290 e. The van der Waals surface area contributed by atoms with Gasteiger partial charge in [-0.05, 0) is 50.8 Å². The number of aryl methyl sites for hydroxylation is 2. The first kappa shape index (κ1) is 19.7. The molecule has 4 nitrogen and oxygen atoms in total. The molecule has 6 heteroatoms. The number of nitrogens with zero attached hydrogens (tertiary/aromatic N) is 3. The van der Waals surface area contributed by atoms with Gasteiger partial charge in [-0.3, -0.25) is 9.36 Å². The van der Waals surface area contributed by atoms with Gasteiger partial charge in [0.15, 0.2) is 5.16 Å². The van der Waals surface area contributed by atoms with Crippen molar-refractivity contribution in [3.8, 4) is 17.2 Å². The van der Waals surface area contributed by atoms with Gasteiger partial charge in [-0.1, -0.05) is 30.0 Å². The fraction of sp³-hybridized carbons (Fsp3) is 0.381. The second kappa shape index (κ2) is 7.49. The average molecular weight is 398 g/mol. The van der Waals surface area contributed by atoms with Gasteiger partial charge in [-0.15, -0.1) is 11.3 Å². The second-order valence-corrected chi connectivity index (χ2v) is 9.40. The van der Waals surface area contributed by atoms with Crippen LogP contribution < -0.4 is 5.56 Å². The molecule has 2 aromatic heterocycles. The third-order valence-electron chi connectivity index (χ3n) is 4.85. The zero-order valence-electron chi connectivity index (χ0n) is 16.3. The Hall–Kier alpha value is -2.10. The van der Waals surface area contributed by atoms with Gasteiger partial charge in [-0.25, -0.2) is 4.98 Å². The lowest BCUT2D eigenvalue weighted by Gasteiger charge is -2.14. The van der Waals surface area contributed by atoms with Crippen molar-refractivity contribution in [3.05, 3.63) is 45.1 Å². The van der Waals surface area contributed by atoms with Gasteiger partial charge >= 0.3 is 0 Å². The van der Waals surface area contributed by atoms with Gasteiger partial charge in [0.25, 0.3) is 5.56 Å². The molecule has 2 heterocycles. The molecule has 0 aliphatic rings. The van der Waals surface area contributed by atoms with Crippen LogP contribution in [-0.4, -0.2) is 15.3 Å². The van der Waals surface area contributed by atoms with Crippen molar-refractivity contribution in [3.63, 3.8) is 0 Å². The van der Waals surface area contributed by atoms with Crippen LogP contribution in [0.2, 0.25) is 0 Å². The zero-order valence-corrected chi connectivity index (χ0v) is 17.9. The Kier molecular flexibility index (Phi) is 5.45. The molecule has 27 heavy (non-hydrogen) atoms. The molecule has 0 fully saturated rings. The number of fused-ring (bicyclic) bond motifs is 1. The van der Waals surface area contributed by atoms with Gasteiger partial charge in [-0.2, -0.15) is 5.26 Å². The van der Waals surface area contributed by atoms with Gasteiger partial charge in [0.1, 0.15) is 4.83 Å². The summed E-state index contributed by atoms with van der Waals surface area (Å²) in [5, 5.41) is 12.6. The van der Waals surface area contributed by atoms with Crippen LogP contribution >= 0.6 is 23.1 Å². The molecule has 1 aromatic carbocycles. The average Bonchev–Trinajstić information content (AvgIpc) is 3.05. The van der Waals surface area contributed by atoms with Crippen LogP contribution in [-0.2, 0) is 7.05 Å². The van der Waals surface area contributed by atoms with E-state index in [1.807, 2.05) is 19.2 Å². The topological polar surface area (TPSA) is 58.7 Å². The predicted molar refractivity (Wildman–Crippen MR) is 115 cm³/mol. The van der Waals surface area contributed by atoms with Crippen LogP contribution in [0.15, 0.2) is 33.5 Å². The molecule has 0 aliphatic heterocycles. The molecule has 140 valence electrons. The van der Waals surface area contributed by atoms with Crippen LogP contribution in [0.1, 0.15) is 31.4 Å². The Morgan fingerprint density at radius 3 is 2.70 bits per heavy atom. The number of thiophene rings is 1. The summed E-state index contributed by atoms with van der Waals surface area (Å²) in [7, 11) is 1.77. The molecule has 0 unspecified atom stereocenters. The number of aromatic nitrogens is 2. The molecule has 0 saturated carbocycles. The van der Waals surface area contributed by atoms with Crippen molar-refractivity contribution in [1.29, 1.82) is 5.26 Å². The molecule has 0 radical (unpaired) electrons. The van der Waals surface area contributed by atoms with Crippen molar-refractivity contribution in [2.45, 2.75) is 39.3 Å². The first-order valence-corrected chi connectivity index (χ1v) is 10.7. The number of hydrogen-bond acceptors (Lipinski definition) is 5. The Labute approximate surface area is 167 Å². The summed E-state index contributed by atoms with van der Waals surface area (Å²) in [4.78, 5) is 18.5. The third-order valence-corrected chi connectivity index (χ3v) is 6.76. The van der Waals surface area contributed by atoms with Gasteiger partial charge in [0, 0.05) is 23.7 Å². The minimum Gasteiger partial charge on any atom is -0.290 e. The lowest BCUT2D eigenvalue weighted by molar-refractivity contribution is 0.481. The van der Waals surface area contributed by atoms with Crippen molar-refractivity contribution < 1.29 is 0 Å². The number of hydrogen-bond donors (Lipinski definition) is 0. The van der Waals surface area contributed by atoms with Crippen molar-refractivity contribution in [2.75, 3.05) is 5.75 Å². The summed E-state index contributed by atoms with van der Waals surface area (Å²) in [6.07, 6.45) is 0.750. The SMILES string of the molecule is Cc1ccc(-c2csc3nc(SCCC(C)(C)C#N)n(C)c(=O)c23)cc1C. The summed E-state index contributed by atoms with van der Waals surface area (Å²) in [6, 6.07) is 8.60. The normalized spacial score (nSPS) is 11.7. The first-order valence-electron chi connectivity index (χ1n) is 8.83. The lowest BCUT2D eigenvalue weighted by atomic mass is 9.93. The minimum atomic E-state index is -0.366. The van der Waals surface area contributed by atoms with E-state index in [4.69, 9.17) is 10.2 Å². The highest BCUT2D eigenvalue weighted by Crippen LogP contribution is 2.33. The molecule has 0 atom stereocenters. The monoisotopic (exact) mass is 397 g/mol. The molecule has 0 N–H and O–H groups in total. The molecule has 0 aliphatic carbocycles. The van der Waals surface area contributed by atoms with Crippen LogP contribution in [0.3, 0.4) is 0 Å². The molecule has 0 amide bonds. The van der Waals surface area contributed by atoms with Gasteiger partial charge in [0.2, 0.25) is 0 Å². The van der Waals surface area contributed by atoms with Crippen LogP contribution in [0.5, 0.6) is 0 Å². The van der Waals surface area contributed by atoms with E-state index < -0.39 is 0 Å². The summed E-state index contributed by atoms with van der Waals surface area (Å²) >= 11 is 3.04. The maximum absolute atomic E-state index is 13.0. The summed E-state index contributed by atoms with van der Waals surface area (Å²) in [6.45, 7) is 8.03. The Morgan fingerprint density at radius 1 is 1.30 bits per heavy atom. The fourth-order valence-electron chi connectivity index (χ4n) is 2.76. The maximum atomic E-state index is 13.0. The number of benzene rings is 1.